The summed E-state index contributed by atoms with van der Waals surface area (Å²) in [4.78, 5) is 16.5. The molecule has 37 heavy (non-hydrogen) atoms. The minimum Gasteiger partial charge on any atom is -0.545 e. The van der Waals surface area contributed by atoms with Crippen molar-refractivity contribution in [2.24, 2.45) is 0 Å². The summed E-state index contributed by atoms with van der Waals surface area (Å²) in [7, 11) is 1.50. The summed E-state index contributed by atoms with van der Waals surface area (Å²) >= 11 is 0. The molecular weight excluding hydrogens is 491 g/mol. The van der Waals surface area contributed by atoms with Gasteiger partial charge in [0.15, 0.2) is 5.76 Å². The molecule has 0 amide bonds. The zero-order valence-electron chi connectivity index (χ0n) is 21.5. The number of fused-ring (bicyclic) bond motifs is 2. The number of aryl methyl sites for hydroxylation is 2. The fourth-order valence-corrected chi connectivity index (χ4v) is 4.66. The fraction of sp³-hybridized carbons (Fsp3) is 0.357. The second-order valence-corrected chi connectivity index (χ2v) is 8.86. The number of furan rings is 1. The molecule has 2 aromatic heterocycles. The number of alkyl halides is 2. The number of carboxylic acids is 1. The van der Waals surface area contributed by atoms with Gasteiger partial charge in [-0.15, -0.1) is 0 Å². The molecule has 6 nitrogen and oxygen atoms in total. The van der Waals surface area contributed by atoms with Crippen molar-refractivity contribution in [2.75, 3.05) is 7.11 Å². The van der Waals surface area contributed by atoms with Crippen LogP contribution in [0.15, 0.2) is 46.9 Å². The average Bonchev–Trinajstić information content (AvgIpc) is 3.21. The molecule has 0 N–H and O–H groups in total. The molecule has 0 atom stereocenters. The minimum absolute atomic E-state index is 0. The molecule has 4 aromatic rings. The van der Waals surface area contributed by atoms with E-state index in [4.69, 9.17) is 9.15 Å². The second-order valence-electron chi connectivity index (χ2n) is 8.86. The van der Waals surface area contributed by atoms with Gasteiger partial charge in [-0.2, -0.15) is 8.78 Å². The van der Waals surface area contributed by atoms with Crippen LogP contribution in [0.25, 0.3) is 33.3 Å². The van der Waals surface area contributed by atoms with Crippen molar-refractivity contribution in [3.8, 4) is 17.2 Å². The Morgan fingerprint density at radius 2 is 1.81 bits per heavy atom. The number of methoxy groups -OCH3 is 1. The summed E-state index contributed by atoms with van der Waals surface area (Å²) in [6, 6.07) is 12.7. The van der Waals surface area contributed by atoms with Crippen LogP contribution in [-0.4, -0.2) is 30.8 Å². The molecule has 2 aromatic carbocycles. The van der Waals surface area contributed by atoms with Crippen molar-refractivity contribution in [1.29, 1.82) is 0 Å². The first-order chi connectivity index (χ1) is 17.3. The van der Waals surface area contributed by atoms with E-state index >= 15 is 0 Å². The molecule has 1 aliphatic carbocycles. The summed E-state index contributed by atoms with van der Waals surface area (Å²) < 4.78 is 38.8. The third kappa shape index (κ3) is 6.49. The number of para-hydroxylation sites is 1. The fourth-order valence-electron chi connectivity index (χ4n) is 4.66. The summed E-state index contributed by atoms with van der Waals surface area (Å²) in [5.74, 6) is -0.278. The monoisotopic (exact) mass is 519 g/mol. The molecule has 1 saturated carbocycles. The molecule has 1 aliphatic rings. The van der Waals surface area contributed by atoms with Crippen molar-refractivity contribution < 1.29 is 62.1 Å². The Kier molecular flexibility index (Phi) is 10.1. The van der Waals surface area contributed by atoms with Crippen molar-refractivity contribution in [1.82, 2.24) is 4.98 Å². The number of carbonyl (C=O) groups is 1. The molecule has 0 unspecified atom stereocenters. The van der Waals surface area contributed by atoms with Crippen LogP contribution >= 0.6 is 0 Å². The Labute approximate surface area is 236 Å². The maximum Gasteiger partial charge on any atom is 1.00 e. The number of ether oxygens (including phenoxy) is 2. The van der Waals surface area contributed by atoms with E-state index in [9.17, 15) is 18.7 Å². The maximum atomic E-state index is 11.8. The van der Waals surface area contributed by atoms with Gasteiger partial charge in [0.1, 0.15) is 17.0 Å². The van der Waals surface area contributed by atoms with Crippen LogP contribution in [0, 0.1) is 13.8 Å². The number of aromatic nitrogens is 1. The van der Waals surface area contributed by atoms with Crippen molar-refractivity contribution >= 4 is 27.8 Å². The van der Waals surface area contributed by atoms with Crippen LogP contribution in [0.4, 0.5) is 8.78 Å². The SMILES string of the molecule is COc1ccc(C)c2nc(-c3oc4ccccc4c3C)cc(C(=O)[O-])c12.FC(F)OC1CCCCC1.[Na+]. The van der Waals surface area contributed by atoms with Gasteiger partial charge in [-0.05, 0) is 50.5 Å². The molecule has 0 spiro atoms. The van der Waals surface area contributed by atoms with E-state index < -0.39 is 12.6 Å². The van der Waals surface area contributed by atoms with Gasteiger partial charge in [0, 0.05) is 16.5 Å². The second kappa shape index (κ2) is 12.8. The van der Waals surface area contributed by atoms with E-state index in [1.54, 1.807) is 6.07 Å². The molecule has 5 rings (SSSR count). The number of benzene rings is 2. The van der Waals surface area contributed by atoms with Crippen molar-refractivity contribution in [3.05, 3.63) is 59.2 Å². The Balaban J connectivity index is 0.000000293. The number of hydrogen-bond acceptors (Lipinski definition) is 6. The van der Waals surface area contributed by atoms with Crippen LogP contribution in [0.2, 0.25) is 0 Å². The van der Waals surface area contributed by atoms with Crippen LogP contribution in [0.1, 0.15) is 53.6 Å². The number of rotatable bonds is 5. The molecular formula is C28H28F2NNaO5. The number of halogens is 2. The summed E-state index contributed by atoms with van der Waals surface area (Å²) in [6.45, 7) is 1.23. The number of carbonyl (C=O) groups excluding carboxylic acids is 1. The number of pyridine rings is 1. The van der Waals surface area contributed by atoms with E-state index in [1.807, 2.05) is 44.2 Å². The summed E-state index contributed by atoms with van der Waals surface area (Å²) in [6.07, 6.45) is 4.70. The van der Waals surface area contributed by atoms with E-state index in [1.165, 1.54) is 19.6 Å². The number of nitrogens with zero attached hydrogens (tertiary/aromatic N) is 1. The van der Waals surface area contributed by atoms with Gasteiger partial charge in [-0.3, -0.25) is 0 Å². The van der Waals surface area contributed by atoms with Gasteiger partial charge < -0.3 is 23.8 Å². The average molecular weight is 520 g/mol. The number of hydrogen-bond donors (Lipinski definition) is 0. The van der Waals surface area contributed by atoms with Gasteiger partial charge in [-0.1, -0.05) is 43.5 Å². The van der Waals surface area contributed by atoms with Crippen LogP contribution in [0.5, 0.6) is 5.75 Å². The summed E-state index contributed by atoms with van der Waals surface area (Å²) in [5.41, 5.74) is 3.54. The van der Waals surface area contributed by atoms with Crippen LogP contribution < -0.4 is 39.4 Å². The third-order valence-corrected chi connectivity index (χ3v) is 6.49. The van der Waals surface area contributed by atoms with Gasteiger partial charge in [0.2, 0.25) is 0 Å². The van der Waals surface area contributed by atoms with Gasteiger partial charge in [-0.25, -0.2) is 4.98 Å². The molecule has 0 radical (unpaired) electrons. The Bertz CT molecular complexity index is 1380. The van der Waals surface area contributed by atoms with Crippen molar-refractivity contribution in [2.45, 2.75) is 58.7 Å². The standard InChI is InChI=1S/C21H17NO4.C7H12F2O.Na/c1-11-8-9-17(25-3)18-14(21(23)24)10-15(22-19(11)18)20-12(2)13-6-4-5-7-16(13)26-20;8-7(9)10-6-4-2-1-3-5-6;/h4-10H,1-3H3,(H,23,24);6-7H,1-5H2;/q;;+1/p-1. The zero-order chi connectivity index (χ0) is 25.8. The normalized spacial score (nSPS) is 13.8. The van der Waals surface area contributed by atoms with E-state index in [2.05, 4.69) is 9.72 Å². The van der Waals surface area contributed by atoms with Gasteiger partial charge in [0.05, 0.1) is 30.1 Å². The van der Waals surface area contributed by atoms with Crippen LogP contribution in [0.3, 0.4) is 0 Å². The minimum atomic E-state index is -2.58. The molecule has 0 aliphatic heterocycles. The Hall–Kier alpha value is -2.52. The van der Waals surface area contributed by atoms with E-state index in [0.29, 0.717) is 28.1 Å². The Morgan fingerprint density at radius 1 is 1.11 bits per heavy atom. The molecule has 0 bridgehead atoms. The van der Waals surface area contributed by atoms with E-state index in [0.717, 1.165) is 47.8 Å². The molecule has 190 valence electrons. The molecule has 2 heterocycles. The quantitative estimate of drug-likeness (QED) is 0.377. The largest absolute Gasteiger partial charge is 1.00 e. The third-order valence-electron chi connectivity index (χ3n) is 6.49. The topological polar surface area (TPSA) is 84.6 Å². The first kappa shape index (κ1) is 29.0. The summed E-state index contributed by atoms with van der Waals surface area (Å²) in [5, 5.41) is 13.2. The van der Waals surface area contributed by atoms with Gasteiger partial charge >= 0.3 is 36.2 Å². The first-order valence-electron chi connectivity index (χ1n) is 11.9. The Morgan fingerprint density at radius 3 is 2.43 bits per heavy atom. The van der Waals surface area contributed by atoms with Gasteiger partial charge in [0.25, 0.3) is 0 Å². The predicted molar refractivity (Wildman–Crippen MR) is 131 cm³/mol. The number of aromatic carboxylic acids is 1. The molecule has 1 fully saturated rings. The maximum absolute atomic E-state index is 11.8. The zero-order valence-corrected chi connectivity index (χ0v) is 23.5. The molecule has 0 saturated heterocycles. The van der Waals surface area contributed by atoms with Crippen molar-refractivity contribution in [3.63, 3.8) is 0 Å². The smallest absolute Gasteiger partial charge is 0.545 e. The first-order valence-corrected chi connectivity index (χ1v) is 11.9. The number of carboxylic acid groups (broad SMARTS) is 1. The predicted octanol–water partition coefficient (Wildman–Crippen LogP) is 3.20. The molecule has 9 heteroatoms. The van der Waals surface area contributed by atoms with E-state index in [-0.39, 0.29) is 41.2 Å². The van der Waals surface area contributed by atoms with Crippen LogP contribution in [-0.2, 0) is 4.74 Å².